The van der Waals surface area contributed by atoms with Crippen LogP contribution >= 0.6 is 22.7 Å². The van der Waals surface area contributed by atoms with Crippen LogP contribution in [0.4, 0.5) is 23.4 Å². The fraction of sp³-hybridized carbons (Fsp3) is 0.467. The molecular formula is C30H37F3N8O22S4. The van der Waals surface area contributed by atoms with Crippen molar-refractivity contribution in [2.24, 2.45) is 22.1 Å². The van der Waals surface area contributed by atoms with E-state index in [1.807, 2.05) is 0 Å². The van der Waals surface area contributed by atoms with Crippen molar-refractivity contribution in [2.75, 3.05) is 24.7 Å². The van der Waals surface area contributed by atoms with Crippen LogP contribution in [0.1, 0.15) is 66.9 Å². The van der Waals surface area contributed by atoms with Gasteiger partial charge in [0.25, 0.3) is 17.8 Å². The van der Waals surface area contributed by atoms with Crippen LogP contribution in [0.5, 0.6) is 0 Å². The number of nitrogen functional groups attached to an aromatic ring is 2. The molecule has 10 N–H and O–H groups in total. The first kappa shape index (κ1) is 48.4. The Morgan fingerprint density at radius 1 is 0.761 bits per heavy atom. The van der Waals surface area contributed by atoms with Gasteiger partial charge in [-0.05, 0) is 27.6 Å². The fourth-order valence-electron chi connectivity index (χ4n) is 4.50. The van der Waals surface area contributed by atoms with Gasteiger partial charge in [-0.25, -0.2) is 24.4 Å². The number of carboxylic acid groups (broad SMARTS) is 4. The summed E-state index contributed by atoms with van der Waals surface area (Å²) in [6.45, 7) is -4.88. The van der Waals surface area contributed by atoms with Crippen LogP contribution in [0.2, 0.25) is 0 Å². The zero-order chi connectivity index (χ0) is 57.2. The van der Waals surface area contributed by atoms with Crippen molar-refractivity contribution in [1.29, 1.82) is 0 Å². The molecule has 4 heterocycles. The summed E-state index contributed by atoms with van der Waals surface area (Å²) in [6, 6.07) is 0. The Balaban J connectivity index is 0.000000605. The molecule has 2 saturated heterocycles. The highest BCUT2D eigenvalue weighted by molar-refractivity contribution is 7.81. The zero-order valence-electron chi connectivity index (χ0n) is 39.5. The van der Waals surface area contributed by atoms with Gasteiger partial charge in [-0.15, -0.1) is 31.2 Å². The first-order valence-electron chi connectivity index (χ1n) is 19.7. The molecule has 0 unspecified atom stereocenters. The number of oxime groups is 2. The number of aliphatic carboxylic acids is 4. The van der Waals surface area contributed by atoms with Gasteiger partial charge in [0.15, 0.2) is 33.3 Å². The molecule has 4 atom stereocenters. The molecule has 2 fully saturated rings. The minimum atomic E-state index is -5.23. The number of alkyl halides is 3. The third-order valence-corrected chi connectivity index (χ3v) is 9.32. The molecule has 2 aliphatic heterocycles. The second kappa shape index (κ2) is 23.3. The number of nitrogens with zero attached hydrogens (tertiary/aromatic N) is 6. The molecule has 0 spiro atoms. The van der Waals surface area contributed by atoms with E-state index in [0.717, 1.165) is 43.4 Å². The summed E-state index contributed by atoms with van der Waals surface area (Å²) in [5.74, 6) is -13.9. The number of β-lactam (4-membered cyclic amide) rings is 2. The van der Waals surface area contributed by atoms with Crippen LogP contribution in [0.25, 0.3) is 0 Å². The zero-order valence-corrected chi connectivity index (χ0v) is 36.7. The van der Waals surface area contributed by atoms with Crippen LogP contribution in [-0.4, -0.2) is 156 Å². The SMILES string of the molecule is CC(=O)O.O=C(O)C(F)(F)F.[2H]C([2H])([2H])[C@]1(C)[C@H](CC(=O)/C(=N\OCC(=O)O)c2csc(N)n2)C(=O)N1OS(=O)(=O)O.[2H]C([2H])([2H])[C@]1(C)[C@H](CC(=O)/C(=N\OCC(=O)O)c2csc(N)n2)C(=O)N1OS(=O)(=O)O. The molecule has 0 bridgehead atoms. The van der Waals surface area contributed by atoms with E-state index in [2.05, 4.69) is 38.5 Å². The van der Waals surface area contributed by atoms with Crippen molar-refractivity contribution in [3.63, 3.8) is 0 Å². The normalized spacial score (nSPS) is 22.2. The largest absolute Gasteiger partial charge is 0.490 e. The molecule has 2 aromatic heterocycles. The number of anilines is 2. The molecule has 2 aromatic rings. The van der Waals surface area contributed by atoms with E-state index >= 15 is 0 Å². The lowest BCUT2D eigenvalue weighted by Crippen LogP contribution is -2.68. The Labute approximate surface area is 389 Å². The Bertz CT molecular complexity index is 2570. The summed E-state index contributed by atoms with van der Waals surface area (Å²) in [4.78, 5) is 106. The lowest BCUT2D eigenvalue weighted by Gasteiger charge is -2.50. The smallest absolute Gasteiger partial charge is 0.481 e. The van der Waals surface area contributed by atoms with Gasteiger partial charge in [-0.1, -0.05) is 10.3 Å². The first-order chi connectivity index (χ1) is 32.8. The van der Waals surface area contributed by atoms with Crippen LogP contribution < -0.4 is 11.5 Å². The van der Waals surface area contributed by atoms with Gasteiger partial charge in [-0.2, -0.15) is 40.1 Å². The van der Waals surface area contributed by atoms with E-state index in [-0.39, 0.29) is 31.8 Å². The van der Waals surface area contributed by atoms with Crippen molar-refractivity contribution in [2.45, 2.75) is 64.6 Å². The average molecular weight is 1050 g/mol. The molecule has 374 valence electrons. The minimum absolute atomic E-state index is 0.0357. The van der Waals surface area contributed by atoms with Crippen molar-refractivity contribution >= 4 is 112 Å². The summed E-state index contributed by atoms with van der Waals surface area (Å²) >= 11 is 1.84. The maximum absolute atomic E-state index is 12.8. The van der Waals surface area contributed by atoms with Gasteiger partial charge in [0.05, 0.1) is 22.9 Å². The third-order valence-electron chi connectivity index (χ3n) is 7.30. The predicted molar refractivity (Wildman–Crippen MR) is 214 cm³/mol. The quantitative estimate of drug-likeness (QED) is 0.0409. The summed E-state index contributed by atoms with van der Waals surface area (Å²) in [6.07, 6.45) is -6.68. The standard InChI is InChI=1S/2C13H16N4O9S2.C2HF3O2.C2H4O2/c2*1-13(2)6(11(21)17(13)26-28(22,23)24)3-8(18)10(16-25-4-9(19)20)7-5-27-12(14)15-7;3-2(4,5)1(6)7;1-2(3)4/h2*5-6H,3-4H2,1-2H3,(H2,14,15)(H,19,20)(H,22,23,24);(H,6,7);1H3,(H,3,4)/b2*16-10-;;/t2*6-;;/m11../s1/i2*1D3;;/t2*6-,13+;;. The summed E-state index contributed by atoms with van der Waals surface area (Å²) in [5, 5.41) is 41.2. The Kier molecular flexibility index (Phi) is 16.8. The van der Waals surface area contributed by atoms with Gasteiger partial charge in [0.2, 0.25) is 13.2 Å². The van der Waals surface area contributed by atoms with E-state index in [9.17, 15) is 58.8 Å². The van der Waals surface area contributed by atoms with Gasteiger partial charge in [0, 0.05) is 38.8 Å². The third kappa shape index (κ3) is 18.4. The fourth-order valence-corrected chi connectivity index (χ4v) is 6.43. The van der Waals surface area contributed by atoms with Gasteiger partial charge >= 0.3 is 44.9 Å². The Hall–Kier alpha value is -6.51. The number of hydrogen-bond donors (Lipinski definition) is 8. The highest BCUT2D eigenvalue weighted by Gasteiger charge is 2.59. The molecule has 0 aliphatic carbocycles. The van der Waals surface area contributed by atoms with Gasteiger partial charge in [0.1, 0.15) is 11.4 Å². The number of nitrogens with two attached hydrogens (primary N) is 2. The number of carbonyl (C=O) groups excluding carboxylic acids is 4. The van der Waals surface area contributed by atoms with E-state index < -0.39 is 148 Å². The van der Waals surface area contributed by atoms with Gasteiger partial charge in [-0.3, -0.25) is 33.1 Å². The Morgan fingerprint density at radius 2 is 1.06 bits per heavy atom. The van der Waals surface area contributed by atoms with E-state index in [1.54, 1.807) is 0 Å². The second-order valence-corrected chi connectivity index (χ2v) is 16.4. The highest BCUT2D eigenvalue weighted by Crippen LogP contribution is 2.42. The van der Waals surface area contributed by atoms with Crippen molar-refractivity contribution in [3.8, 4) is 0 Å². The highest BCUT2D eigenvalue weighted by atomic mass is 32.3. The van der Waals surface area contributed by atoms with Crippen molar-refractivity contribution < 1.29 is 124 Å². The molecule has 4 rings (SSSR count). The number of carboxylic acids is 4. The first-order valence-corrected chi connectivity index (χ1v) is 21.2. The topological polar surface area (TPSA) is 472 Å². The molecule has 2 aliphatic rings. The molecule has 67 heavy (non-hydrogen) atoms. The predicted octanol–water partition coefficient (Wildman–Crippen LogP) is -0.353. The number of amides is 2. The number of carbonyl (C=O) groups is 8. The monoisotopic (exact) mass is 1050 g/mol. The molecule has 2 amide bonds. The molecular weight excluding hydrogens is 1010 g/mol. The van der Waals surface area contributed by atoms with Crippen molar-refractivity contribution in [3.05, 3.63) is 22.1 Å². The summed E-state index contributed by atoms with van der Waals surface area (Å²) in [5.41, 5.74) is 5.15. The van der Waals surface area contributed by atoms with E-state index in [4.69, 9.17) is 58.8 Å². The maximum Gasteiger partial charge on any atom is 0.490 e. The Morgan fingerprint density at radius 3 is 1.27 bits per heavy atom. The average Bonchev–Trinajstić information content (AvgIpc) is 3.85. The number of Topliss-reactive ketones (excluding diaryl/α,β-unsaturated/α-hetero) is 2. The number of hydrogen-bond acceptors (Lipinski definition) is 24. The lowest BCUT2D eigenvalue weighted by atomic mass is 9.74. The summed E-state index contributed by atoms with van der Waals surface area (Å²) < 4.78 is 147. The van der Waals surface area contributed by atoms with Crippen LogP contribution in [0.3, 0.4) is 0 Å². The van der Waals surface area contributed by atoms with E-state index in [1.165, 1.54) is 10.8 Å². The molecule has 0 saturated carbocycles. The minimum Gasteiger partial charge on any atom is -0.481 e. The van der Waals surface area contributed by atoms with Crippen LogP contribution in [0, 0.1) is 11.8 Å². The van der Waals surface area contributed by atoms with Crippen LogP contribution in [0.15, 0.2) is 21.1 Å². The number of hydroxylamine groups is 4. The van der Waals surface area contributed by atoms with Crippen molar-refractivity contribution in [1.82, 2.24) is 20.1 Å². The van der Waals surface area contributed by atoms with E-state index in [0.29, 0.717) is 0 Å². The summed E-state index contributed by atoms with van der Waals surface area (Å²) in [7, 11) is -10.5. The number of aromatic nitrogens is 2. The number of ketones is 2. The molecule has 30 nitrogen and oxygen atoms in total. The van der Waals surface area contributed by atoms with Crippen LogP contribution in [-0.2, 0) is 77.4 Å². The number of thiazole rings is 2. The molecule has 0 aromatic carbocycles. The lowest BCUT2D eigenvalue weighted by molar-refractivity contribution is -0.228. The van der Waals surface area contributed by atoms with Gasteiger partial charge < -0.3 is 41.6 Å². The molecule has 0 radical (unpaired) electrons. The number of rotatable bonds is 18. The number of halogens is 3. The maximum atomic E-state index is 12.8. The second-order valence-electron chi connectivity index (χ2n) is 12.6. The molecule has 37 heteroatoms.